The lowest BCUT2D eigenvalue weighted by atomic mass is 10.2. The third kappa shape index (κ3) is 8.01. The second-order valence-corrected chi connectivity index (χ2v) is 3.40. The zero-order valence-corrected chi connectivity index (χ0v) is 9.08. The van der Waals surface area contributed by atoms with E-state index >= 15 is 0 Å². The summed E-state index contributed by atoms with van der Waals surface area (Å²) in [5.74, 6) is -0.158. The first-order valence-corrected chi connectivity index (χ1v) is 5.11. The monoisotopic (exact) mass is 203 g/mol. The van der Waals surface area contributed by atoms with Gasteiger partial charge in [-0.3, -0.25) is 4.79 Å². The Morgan fingerprint density at radius 1 is 1.50 bits per heavy atom. The van der Waals surface area contributed by atoms with Gasteiger partial charge in [0.25, 0.3) is 0 Å². The third-order valence-corrected chi connectivity index (χ3v) is 2.07. The maximum atomic E-state index is 10.7. The number of aliphatic hydroxyl groups is 1. The Labute approximate surface area is 85.6 Å². The van der Waals surface area contributed by atoms with E-state index in [0.29, 0.717) is 12.5 Å². The minimum atomic E-state index is -0.158. The van der Waals surface area contributed by atoms with Crippen molar-refractivity contribution >= 4 is 5.97 Å². The van der Waals surface area contributed by atoms with Crippen LogP contribution in [0.4, 0.5) is 0 Å². The first-order chi connectivity index (χ1) is 6.70. The molecule has 84 valence electrons. The van der Waals surface area contributed by atoms with Crippen molar-refractivity contribution in [3.8, 4) is 0 Å². The first kappa shape index (κ1) is 13.4. The quantitative estimate of drug-likeness (QED) is 0.450. The number of aliphatic hydroxyl groups excluding tert-OH is 1. The molecular weight excluding hydrogens is 182 g/mol. The van der Waals surface area contributed by atoms with Gasteiger partial charge >= 0.3 is 5.97 Å². The minimum Gasteiger partial charge on any atom is -0.469 e. The van der Waals surface area contributed by atoms with Gasteiger partial charge in [0, 0.05) is 19.1 Å². The van der Waals surface area contributed by atoms with Gasteiger partial charge in [-0.25, -0.2) is 0 Å². The lowest BCUT2D eigenvalue weighted by Crippen LogP contribution is -2.27. The number of esters is 1. The van der Waals surface area contributed by atoms with Gasteiger partial charge in [-0.05, 0) is 32.7 Å². The van der Waals surface area contributed by atoms with E-state index in [0.717, 1.165) is 25.8 Å². The predicted octanol–water partition coefficient (Wildman–Crippen LogP) is 0.690. The first-order valence-electron chi connectivity index (χ1n) is 5.11. The number of rotatable bonds is 8. The van der Waals surface area contributed by atoms with Crippen molar-refractivity contribution in [2.45, 2.75) is 38.6 Å². The summed E-state index contributed by atoms with van der Waals surface area (Å²) in [6.45, 7) is 3.14. The SMILES string of the molecule is COC(=O)CCCNC(C)CCCO. The molecule has 0 aliphatic carbocycles. The van der Waals surface area contributed by atoms with E-state index in [1.807, 2.05) is 0 Å². The van der Waals surface area contributed by atoms with Gasteiger partial charge in [-0.2, -0.15) is 0 Å². The maximum absolute atomic E-state index is 10.7. The van der Waals surface area contributed by atoms with Crippen molar-refractivity contribution < 1.29 is 14.6 Å². The Bertz CT molecular complexity index is 150. The molecule has 0 radical (unpaired) electrons. The highest BCUT2D eigenvalue weighted by molar-refractivity contribution is 5.69. The molecule has 4 heteroatoms. The summed E-state index contributed by atoms with van der Waals surface area (Å²) in [4.78, 5) is 10.7. The molecule has 2 N–H and O–H groups in total. The number of methoxy groups -OCH3 is 1. The standard InChI is InChI=1S/C10H21NO3/c1-9(5-4-8-12)11-7-3-6-10(13)14-2/h9,11-12H,3-8H2,1-2H3. The number of hydrogen-bond acceptors (Lipinski definition) is 4. The molecule has 0 bridgehead atoms. The van der Waals surface area contributed by atoms with Crippen molar-refractivity contribution in [1.82, 2.24) is 5.32 Å². The van der Waals surface area contributed by atoms with Crippen LogP contribution < -0.4 is 5.32 Å². The van der Waals surface area contributed by atoms with E-state index in [1.54, 1.807) is 0 Å². The van der Waals surface area contributed by atoms with Crippen LogP contribution in [0, 0.1) is 0 Å². The van der Waals surface area contributed by atoms with Gasteiger partial charge in [0.05, 0.1) is 7.11 Å². The molecule has 14 heavy (non-hydrogen) atoms. The normalized spacial score (nSPS) is 12.5. The molecule has 0 saturated heterocycles. The van der Waals surface area contributed by atoms with E-state index in [1.165, 1.54) is 7.11 Å². The van der Waals surface area contributed by atoms with Crippen molar-refractivity contribution in [2.75, 3.05) is 20.3 Å². The topological polar surface area (TPSA) is 58.6 Å². The van der Waals surface area contributed by atoms with Crippen LogP contribution >= 0.6 is 0 Å². The molecular formula is C10H21NO3. The summed E-state index contributed by atoms with van der Waals surface area (Å²) in [5, 5.41) is 11.9. The number of carbonyl (C=O) groups is 1. The Kier molecular flexibility index (Phi) is 8.57. The van der Waals surface area contributed by atoms with Crippen molar-refractivity contribution in [1.29, 1.82) is 0 Å². The summed E-state index contributed by atoms with van der Waals surface area (Å²) < 4.78 is 4.52. The summed E-state index contributed by atoms with van der Waals surface area (Å²) in [5.41, 5.74) is 0. The zero-order chi connectivity index (χ0) is 10.8. The molecule has 0 rings (SSSR count). The number of ether oxygens (including phenoxy) is 1. The summed E-state index contributed by atoms with van der Waals surface area (Å²) >= 11 is 0. The van der Waals surface area contributed by atoms with Crippen LogP contribution in [0.5, 0.6) is 0 Å². The van der Waals surface area contributed by atoms with Gasteiger partial charge in [0.1, 0.15) is 0 Å². The summed E-state index contributed by atoms with van der Waals surface area (Å²) in [6, 6.07) is 0.403. The van der Waals surface area contributed by atoms with Gasteiger partial charge < -0.3 is 15.2 Å². The maximum Gasteiger partial charge on any atom is 0.305 e. The molecule has 4 nitrogen and oxygen atoms in total. The van der Waals surface area contributed by atoms with Gasteiger partial charge in [-0.15, -0.1) is 0 Å². The fourth-order valence-electron chi connectivity index (χ4n) is 1.18. The fourth-order valence-corrected chi connectivity index (χ4v) is 1.18. The lowest BCUT2D eigenvalue weighted by Gasteiger charge is -2.12. The fraction of sp³-hybridized carbons (Fsp3) is 0.900. The lowest BCUT2D eigenvalue weighted by molar-refractivity contribution is -0.140. The van der Waals surface area contributed by atoms with Crippen molar-refractivity contribution in [2.24, 2.45) is 0 Å². The Balaban J connectivity index is 3.22. The molecule has 0 aromatic heterocycles. The van der Waals surface area contributed by atoms with E-state index in [4.69, 9.17) is 5.11 Å². The second-order valence-electron chi connectivity index (χ2n) is 3.40. The van der Waals surface area contributed by atoms with Crippen LogP contribution in [0.2, 0.25) is 0 Å². The van der Waals surface area contributed by atoms with E-state index in [2.05, 4.69) is 17.0 Å². The van der Waals surface area contributed by atoms with E-state index in [9.17, 15) is 4.79 Å². The Hall–Kier alpha value is -0.610. The molecule has 0 aromatic rings. The van der Waals surface area contributed by atoms with Crippen LogP contribution in [0.25, 0.3) is 0 Å². The van der Waals surface area contributed by atoms with Crippen LogP contribution in [0.1, 0.15) is 32.6 Å². The summed E-state index contributed by atoms with van der Waals surface area (Å²) in [6.07, 6.45) is 3.06. The van der Waals surface area contributed by atoms with Gasteiger partial charge in [0.15, 0.2) is 0 Å². The number of carbonyl (C=O) groups excluding carboxylic acids is 1. The van der Waals surface area contributed by atoms with Gasteiger partial charge in [-0.1, -0.05) is 0 Å². The zero-order valence-electron chi connectivity index (χ0n) is 9.08. The molecule has 0 saturated carbocycles. The second kappa shape index (κ2) is 8.97. The number of nitrogens with one attached hydrogen (secondary N) is 1. The highest BCUT2D eigenvalue weighted by Crippen LogP contribution is 1.96. The third-order valence-electron chi connectivity index (χ3n) is 2.07. The minimum absolute atomic E-state index is 0.158. The Morgan fingerprint density at radius 3 is 2.79 bits per heavy atom. The molecule has 0 fully saturated rings. The molecule has 0 heterocycles. The number of hydrogen-bond donors (Lipinski definition) is 2. The summed E-state index contributed by atoms with van der Waals surface area (Å²) in [7, 11) is 1.40. The molecule has 1 atom stereocenters. The van der Waals surface area contributed by atoms with E-state index in [-0.39, 0.29) is 12.6 Å². The molecule has 1 unspecified atom stereocenters. The van der Waals surface area contributed by atoms with Crippen LogP contribution in [-0.2, 0) is 9.53 Å². The predicted molar refractivity (Wildman–Crippen MR) is 55.0 cm³/mol. The van der Waals surface area contributed by atoms with Crippen LogP contribution in [-0.4, -0.2) is 37.4 Å². The highest BCUT2D eigenvalue weighted by atomic mass is 16.5. The van der Waals surface area contributed by atoms with Crippen molar-refractivity contribution in [3.05, 3.63) is 0 Å². The van der Waals surface area contributed by atoms with Crippen LogP contribution in [0.15, 0.2) is 0 Å². The molecule has 0 aromatic carbocycles. The molecule has 0 spiro atoms. The largest absolute Gasteiger partial charge is 0.469 e. The van der Waals surface area contributed by atoms with Crippen molar-refractivity contribution in [3.63, 3.8) is 0 Å². The average molecular weight is 203 g/mol. The molecule has 0 aliphatic rings. The smallest absolute Gasteiger partial charge is 0.305 e. The Morgan fingerprint density at radius 2 is 2.21 bits per heavy atom. The van der Waals surface area contributed by atoms with Crippen LogP contribution in [0.3, 0.4) is 0 Å². The highest BCUT2D eigenvalue weighted by Gasteiger charge is 2.02. The van der Waals surface area contributed by atoms with E-state index < -0.39 is 0 Å². The average Bonchev–Trinajstić information content (AvgIpc) is 2.21. The van der Waals surface area contributed by atoms with Gasteiger partial charge in [0.2, 0.25) is 0 Å². The molecule has 0 amide bonds. The molecule has 0 aliphatic heterocycles.